The van der Waals surface area contributed by atoms with Gasteiger partial charge in [-0.15, -0.1) is 38.7 Å². The van der Waals surface area contributed by atoms with E-state index >= 15 is 0 Å². The number of aliphatic hydroxyl groups excluding tert-OH is 1. The first-order chi connectivity index (χ1) is 56.5. The summed E-state index contributed by atoms with van der Waals surface area (Å²) in [7, 11) is -9.08. The minimum Gasteiger partial charge on any atom is -0.464 e. The van der Waals surface area contributed by atoms with Gasteiger partial charge < -0.3 is 65.2 Å². The molecule has 4 aromatic rings. The number of likely N-dealkylation sites (tertiary alicyclic amines) is 2. The molecule has 4 fully saturated rings. The summed E-state index contributed by atoms with van der Waals surface area (Å²) in [6, 6.07) is 13.6. The predicted octanol–water partition coefficient (Wildman–Crippen LogP) is 8.21. The molecule has 7 amide bonds. The van der Waals surface area contributed by atoms with E-state index in [4.69, 9.17) is 23.7 Å². The summed E-state index contributed by atoms with van der Waals surface area (Å²) in [5, 5.41) is 47.5. The van der Waals surface area contributed by atoms with Crippen LogP contribution in [0.15, 0.2) is 145 Å². The summed E-state index contributed by atoms with van der Waals surface area (Å²) in [4.78, 5) is 146. The topological polar surface area (TPSA) is 451 Å². The van der Waals surface area contributed by atoms with Gasteiger partial charge in [-0.1, -0.05) is 72.8 Å². The van der Waals surface area contributed by atoms with Gasteiger partial charge in [0.2, 0.25) is 43.7 Å². The van der Waals surface area contributed by atoms with Crippen LogP contribution >= 0.6 is 12.4 Å². The van der Waals surface area contributed by atoms with Crippen molar-refractivity contribution in [1.29, 1.82) is 0 Å². The second kappa shape index (κ2) is 41.6. The van der Waals surface area contributed by atoms with Crippen LogP contribution in [0.3, 0.4) is 0 Å². The van der Waals surface area contributed by atoms with Gasteiger partial charge in [-0.05, 0) is 129 Å². The van der Waals surface area contributed by atoms with Gasteiger partial charge in [-0.2, -0.15) is 8.61 Å². The number of hydrogen-bond acceptors (Lipinski definition) is 24. The fourth-order valence-electron chi connectivity index (χ4n) is 14.3. The van der Waals surface area contributed by atoms with Crippen LogP contribution in [-0.4, -0.2) is 220 Å². The zero-order chi connectivity index (χ0) is 88.6. The lowest BCUT2D eigenvalue weighted by Gasteiger charge is -2.31. The van der Waals surface area contributed by atoms with E-state index in [2.05, 4.69) is 52.9 Å². The molecule has 121 heavy (non-hydrogen) atoms. The van der Waals surface area contributed by atoms with Crippen molar-refractivity contribution in [3.8, 4) is 0 Å². The van der Waals surface area contributed by atoms with Crippen LogP contribution in [0.1, 0.15) is 129 Å². The van der Waals surface area contributed by atoms with Gasteiger partial charge in [0.05, 0.1) is 42.3 Å². The van der Waals surface area contributed by atoms with Crippen molar-refractivity contribution < 1.29 is 107 Å². The SMILES string of the molecule is C=CCCN(CC[C@H](NC(=O)OC(C)(C)C)C(=O)N1C[C@H](O)C[C@H]1C(=O)N[C@]1(C(=O)OCC)C[C@H]1C=C)S(=O)(=O)c1ccccc1[N+](=O)[O-].C=CCCN(CC[C@H](NC(=O)OC(C)(C)C)C(=O)N1C[C@H](OC(=O)N2Cc3cccc(F)c3C2)C[C@H]1C(=O)N[C@]1(C(=O)OCC)C[C@H]1C=C)S(=O)(=O)c1ccccc1[N+](=O)[O-].Cl.Fc1cccc2c1CNC2. The Morgan fingerprint density at radius 3 is 1.45 bits per heavy atom. The number of carbonyl (C=O) groups excluding carboxylic acids is 9. The molecule has 4 heterocycles. The Hall–Kier alpha value is -10.8. The highest BCUT2D eigenvalue weighted by Gasteiger charge is 2.63. The van der Waals surface area contributed by atoms with Crippen molar-refractivity contribution in [1.82, 2.24) is 49.9 Å². The van der Waals surface area contributed by atoms with Crippen LogP contribution in [0, 0.1) is 43.7 Å². The van der Waals surface area contributed by atoms with E-state index in [-0.39, 0.29) is 116 Å². The van der Waals surface area contributed by atoms with E-state index in [1.165, 1.54) is 71.7 Å². The van der Waals surface area contributed by atoms with Crippen molar-refractivity contribution in [3.05, 3.63) is 190 Å². The number of nitro groups is 2. The number of aliphatic hydroxyl groups is 1. The molecule has 2 saturated heterocycles. The molecule has 35 nitrogen and oxygen atoms in total. The van der Waals surface area contributed by atoms with Crippen molar-refractivity contribution in [3.63, 3.8) is 0 Å². The fourth-order valence-corrected chi connectivity index (χ4v) is 17.5. The number of sulfonamides is 2. The van der Waals surface area contributed by atoms with Gasteiger partial charge in [0, 0.05) is 100 Å². The molecule has 0 aromatic heterocycles. The summed E-state index contributed by atoms with van der Waals surface area (Å²) in [6.45, 7) is 27.1. The number of para-hydroxylation sites is 2. The molecule has 0 bridgehead atoms. The zero-order valence-corrected chi connectivity index (χ0v) is 71.0. The molecule has 6 aliphatic rings. The van der Waals surface area contributed by atoms with E-state index in [1.54, 1.807) is 67.5 Å². The van der Waals surface area contributed by atoms with Gasteiger partial charge in [0.1, 0.15) is 64.2 Å². The second-order valence-corrected chi connectivity index (χ2v) is 35.0. The summed E-state index contributed by atoms with van der Waals surface area (Å²) in [6.07, 6.45) is 0.250. The maximum absolute atomic E-state index is 14.8. The highest BCUT2D eigenvalue weighted by molar-refractivity contribution is 7.89. The molecule has 0 radical (unpaired) electrons. The quantitative estimate of drug-likeness (QED) is 0.00859. The Labute approximate surface area is 706 Å². The van der Waals surface area contributed by atoms with Gasteiger partial charge in [0.15, 0.2) is 9.79 Å². The number of amides is 7. The first-order valence-corrected chi connectivity index (χ1v) is 41.8. The average molecular weight is 1750 g/mol. The highest BCUT2D eigenvalue weighted by Crippen LogP contribution is 2.47. The van der Waals surface area contributed by atoms with Crippen molar-refractivity contribution in [2.75, 3.05) is 52.5 Å². The summed E-state index contributed by atoms with van der Waals surface area (Å²) >= 11 is 0. The number of β-amino-alcohol motifs (C(OH)–C–C–N with tert-alkyl or cyclic N) is 1. The average Bonchev–Trinajstić information content (AvgIpc) is 1.58. The summed E-state index contributed by atoms with van der Waals surface area (Å²) in [5.74, 6) is -6.09. The van der Waals surface area contributed by atoms with Crippen LogP contribution < -0.4 is 26.6 Å². The third-order valence-electron chi connectivity index (χ3n) is 20.4. The van der Waals surface area contributed by atoms with Gasteiger partial charge in [-0.3, -0.25) is 44.3 Å². The predicted molar refractivity (Wildman–Crippen MR) is 437 cm³/mol. The molecule has 4 aromatic carbocycles. The molecule has 0 spiro atoms. The van der Waals surface area contributed by atoms with E-state index in [1.807, 2.05) is 6.07 Å². The molecular formula is C81H105ClF2N12O23S2. The van der Waals surface area contributed by atoms with Crippen LogP contribution in [0.4, 0.5) is 34.5 Å². The fraction of sp³-hybridized carbons (Fsp3) is 0.494. The van der Waals surface area contributed by atoms with Crippen LogP contribution in [0.5, 0.6) is 0 Å². The minimum atomic E-state index is -4.58. The maximum Gasteiger partial charge on any atom is 0.410 e. The number of alkyl carbamates (subject to hydrolysis) is 2. The van der Waals surface area contributed by atoms with Gasteiger partial charge in [-0.25, -0.2) is 49.6 Å². The number of benzene rings is 4. The van der Waals surface area contributed by atoms with Crippen molar-refractivity contribution in [2.24, 2.45) is 11.8 Å². The normalized spacial score (nSPS) is 21.0. The minimum absolute atomic E-state index is 0. The van der Waals surface area contributed by atoms with Crippen molar-refractivity contribution in [2.45, 2.75) is 201 Å². The van der Waals surface area contributed by atoms with Crippen molar-refractivity contribution >= 4 is 97.7 Å². The molecule has 10 rings (SSSR count). The number of nitro benzene ring substituents is 2. The van der Waals surface area contributed by atoms with Crippen LogP contribution in [0.25, 0.3) is 0 Å². The second-order valence-electron chi connectivity index (χ2n) is 31.2. The maximum atomic E-state index is 14.8. The van der Waals surface area contributed by atoms with Gasteiger partial charge in [0.25, 0.3) is 11.4 Å². The third kappa shape index (κ3) is 24.3. The lowest BCUT2D eigenvalue weighted by molar-refractivity contribution is -0.388. The molecule has 2 saturated carbocycles. The number of halogens is 3. The standard InChI is InChI=1S/C41H51FN6O12S.C32H45N5O11S.C8H8FN.ClH/c1-7-10-19-46(61(56,57)34-17-12-11-16-32(34)48(54)55)20-18-31(43-38(52)60-40(4,5)6)36(50)47-24-28(59-39(53)45-23-26-14-13-15-30(42)29(26)25-45)21-33(47)35(49)44-41(22-27(41)8-2)37(51)58-9-3;1-7-10-16-35(49(45,46)26-14-12-11-13-24(26)37(43)44)17-15-23(33-30(42)48-31(4,5)6)28(40)36-20-22(38)18-25(36)27(39)34-32(19-21(32)8-2)29(41)47-9-3;9-8-3-1-2-6-4-10-5-7(6)8;/h7-8,11-17,27-28,31,33H,1-2,9-10,18-25H2,3-6H3,(H,43,52)(H,44,49);7-8,11-14,21-23,25,38H,1-2,9-10,15-20H2,3-6H3,(H,33,42)(H,34,39);1-3,10H,4-5H2;1H/t27-,28-,31+,33+,41-;21-,22-,23+,25+,32-;;/m11../s1. The molecule has 660 valence electrons. The van der Waals surface area contributed by atoms with Crippen LogP contribution in [-0.2, 0) is 98.7 Å². The largest absolute Gasteiger partial charge is 0.464 e. The first kappa shape index (κ1) is 97.3. The Balaban J connectivity index is 0.000000300. The third-order valence-corrected chi connectivity index (χ3v) is 24.3. The number of carbonyl (C=O) groups is 9. The number of fused-ring (bicyclic) bond motifs is 2. The number of ether oxygens (including phenoxy) is 5. The van der Waals surface area contributed by atoms with E-state index in [9.17, 15) is 94.1 Å². The Kier molecular flexibility index (Phi) is 33.5. The molecule has 0 unspecified atom stereocenters. The molecule has 6 N–H and O–H groups in total. The number of esters is 2. The summed E-state index contributed by atoms with van der Waals surface area (Å²) < 4.78 is 112. The molecule has 10 atom stereocenters. The van der Waals surface area contributed by atoms with E-state index in [0.29, 0.717) is 17.7 Å². The Morgan fingerprint density at radius 1 is 0.612 bits per heavy atom. The molecule has 40 heteroatoms. The smallest absolute Gasteiger partial charge is 0.410 e. The highest BCUT2D eigenvalue weighted by atomic mass is 35.5. The first-order valence-electron chi connectivity index (χ1n) is 38.9. The van der Waals surface area contributed by atoms with E-state index < -0.39 is 201 Å². The molecular weight excluding hydrogens is 1650 g/mol. The van der Waals surface area contributed by atoms with Crippen LogP contribution in [0.2, 0.25) is 0 Å². The van der Waals surface area contributed by atoms with E-state index in [0.717, 1.165) is 60.3 Å². The zero-order valence-electron chi connectivity index (χ0n) is 68.5. The molecule has 4 aliphatic heterocycles. The monoisotopic (exact) mass is 1750 g/mol. The Bertz CT molecular complexity index is 4800. The number of rotatable bonds is 33. The summed E-state index contributed by atoms with van der Waals surface area (Å²) in [5.41, 5.74) is -3.31. The number of nitrogens with zero attached hydrogens (tertiary/aromatic N) is 7. The molecule has 2 aliphatic carbocycles. The Morgan fingerprint density at radius 2 is 1.04 bits per heavy atom. The number of hydrogen-bond donors (Lipinski definition) is 6. The lowest BCUT2D eigenvalue weighted by Crippen LogP contribution is -2.57. The lowest BCUT2D eigenvalue weighted by atomic mass is 10.1. The number of nitrogens with one attached hydrogen (secondary N) is 5. The van der Waals surface area contributed by atoms with Gasteiger partial charge >= 0.3 is 30.2 Å².